The summed E-state index contributed by atoms with van der Waals surface area (Å²) in [6.07, 6.45) is 3.49. The minimum atomic E-state index is 0.194. The zero-order valence-electron chi connectivity index (χ0n) is 40.1. The van der Waals surface area contributed by atoms with E-state index in [2.05, 4.69) is 233 Å². The van der Waals surface area contributed by atoms with Crippen LogP contribution in [0.3, 0.4) is 0 Å². The first kappa shape index (κ1) is 51.9. The van der Waals surface area contributed by atoms with E-state index < -0.39 is 0 Å². The van der Waals surface area contributed by atoms with Crippen LogP contribution in [0.1, 0.15) is 215 Å². The smallest absolute Gasteiger partial charge is 0.0878 e. The van der Waals surface area contributed by atoms with Gasteiger partial charge in [0.1, 0.15) is 0 Å². The zero-order valence-corrected chi connectivity index (χ0v) is 42.5. The number of hydrogen-bond acceptors (Lipinski definition) is 1. The van der Waals surface area contributed by atoms with Gasteiger partial charge in [0, 0.05) is 5.71 Å². The second kappa shape index (κ2) is 21.2. The fraction of sp³-hybridized carbons (Fsp3) is 0.577. The Morgan fingerprint density at radius 1 is 0.625 bits per heavy atom. The Bertz CT molecular complexity index is 1700. The molecule has 2 nitrogen and oxygen atoms in total. The number of allylic oxidation sites excluding steroid dienone is 2. The van der Waals surface area contributed by atoms with Crippen molar-refractivity contribution in [3.05, 3.63) is 111 Å². The second-order valence-electron chi connectivity index (χ2n) is 21.2. The van der Waals surface area contributed by atoms with E-state index in [0.29, 0.717) is 23.7 Å². The van der Waals surface area contributed by atoms with Crippen LogP contribution in [0.4, 0.5) is 11.4 Å². The van der Waals surface area contributed by atoms with Gasteiger partial charge in [-0.1, -0.05) is 137 Å². The standard InChI is InChI=1S/C29H41N2.C18H29P.C5H11.Ti/c1-18(2)24-13-11-14-25(19(3)4)28(24)30-22(9)17-23(10)31-29-26(20(5)6)15-12-16-27(29)21(7)8;1-16(2,3)12-10-13(17(4,5)6)15(19)14(11-12)18(7,8)9;1-5(2,3)4;/h11-21H,1-10H3;10-11H,1-9H3;1H2,2-4H3;/q-1;;-1;+2/b22-17-,31-23?;;;. The molecule has 0 aromatic heterocycles. The molecule has 0 saturated heterocycles. The zero-order chi connectivity index (χ0) is 43.7. The molecule has 0 amide bonds. The molecule has 3 rings (SSSR count). The molecular formula is C52H81N2PTi. The Labute approximate surface area is 360 Å². The molecule has 0 saturated carbocycles. The molecule has 3 aromatic rings. The molecular weight excluding hydrogens is 731 g/mol. The summed E-state index contributed by atoms with van der Waals surface area (Å²) in [5, 5.41) is 6.60. The molecule has 56 heavy (non-hydrogen) atoms. The van der Waals surface area contributed by atoms with Gasteiger partial charge in [-0.15, -0.1) is 5.69 Å². The van der Waals surface area contributed by atoms with Crippen molar-refractivity contribution in [2.24, 2.45) is 10.4 Å². The topological polar surface area (TPSA) is 26.5 Å². The van der Waals surface area contributed by atoms with Crippen molar-refractivity contribution < 1.29 is 19.4 Å². The molecule has 0 unspecified atom stereocenters. The minimum Gasteiger partial charge on any atom is -0.338 e. The maximum Gasteiger partial charge on any atom is -0.0878 e. The van der Waals surface area contributed by atoms with E-state index in [9.17, 15) is 0 Å². The van der Waals surface area contributed by atoms with Crippen molar-refractivity contribution in [2.75, 3.05) is 0 Å². The van der Waals surface area contributed by atoms with E-state index in [1.54, 1.807) is 0 Å². The van der Waals surface area contributed by atoms with Gasteiger partial charge in [0.05, 0.1) is 5.69 Å². The summed E-state index contributed by atoms with van der Waals surface area (Å²) in [5.41, 5.74) is 14.8. The van der Waals surface area contributed by atoms with Crippen LogP contribution in [0.2, 0.25) is 0 Å². The molecule has 4 heteroatoms. The van der Waals surface area contributed by atoms with Gasteiger partial charge >= 0.3 is 138 Å². The summed E-state index contributed by atoms with van der Waals surface area (Å²) in [4.78, 5) is 5.08. The third-order valence-corrected chi connectivity index (χ3v) is 11.1. The van der Waals surface area contributed by atoms with Gasteiger partial charge in [-0.25, -0.2) is 0 Å². The van der Waals surface area contributed by atoms with E-state index in [1.165, 1.54) is 50.4 Å². The van der Waals surface area contributed by atoms with Crippen molar-refractivity contribution in [1.29, 1.82) is 0 Å². The number of nitrogens with zero attached hydrogens (tertiary/aromatic N) is 2. The van der Waals surface area contributed by atoms with Crippen molar-refractivity contribution >= 4 is 28.5 Å². The molecule has 3 aromatic carbocycles. The van der Waals surface area contributed by atoms with Gasteiger partial charge < -0.3 is 12.2 Å². The summed E-state index contributed by atoms with van der Waals surface area (Å²) in [7, 11) is 0. The van der Waals surface area contributed by atoms with Gasteiger partial charge in [0.15, 0.2) is 0 Å². The fourth-order valence-corrected chi connectivity index (χ4v) is 8.50. The predicted octanol–water partition coefficient (Wildman–Crippen LogP) is 17.4. The van der Waals surface area contributed by atoms with Gasteiger partial charge in [0.2, 0.25) is 0 Å². The first-order valence-corrected chi connectivity index (χ1v) is 23.9. The predicted molar refractivity (Wildman–Crippen MR) is 253 cm³/mol. The van der Waals surface area contributed by atoms with Gasteiger partial charge in [0.25, 0.3) is 0 Å². The van der Waals surface area contributed by atoms with Crippen LogP contribution in [-0.4, -0.2) is 5.71 Å². The molecule has 0 fully saturated rings. The minimum absolute atomic E-state index is 0.194. The molecule has 308 valence electrons. The monoisotopic (exact) mass is 813 g/mol. The maximum atomic E-state index is 5.08. The van der Waals surface area contributed by atoms with Crippen molar-refractivity contribution in [3.63, 3.8) is 0 Å². The summed E-state index contributed by atoms with van der Waals surface area (Å²) >= 11 is 2.26. The Kier molecular flexibility index (Phi) is 19.7. The number of rotatable bonds is 9. The van der Waals surface area contributed by atoms with Crippen LogP contribution in [0, 0.1) is 12.3 Å². The van der Waals surface area contributed by atoms with Crippen molar-refractivity contribution in [2.45, 2.75) is 192 Å². The van der Waals surface area contributed by atoms with E-state index in [4.69, 9.17) is 10.3 Å². The molecule has 0 radical (unpaired) electrons. The van der Waals surface area contributed by atoms with Crippen LogP contribution in [-0.2, 0) is 35.7 Å². The maximum absolute atomic E-state index is 5.08. The third-order valence-electron chi connectivity index (χ3n) is 9.38. The number of aliphatic imine (C=N–C) groups is 1. The second-order valence-corrected chi connectivity index (χ2v) is 22.9. The Hall–Kier alpha value is -2.12. The molecule has 0 spiro atoms. The van der Waals surface area contributed by atoms with Gasteiger partial charge in [-0.3, -0.25) is 4.99 Å². The van der Waals surface area contributed by atoms with Crippen LogP contribution in [0.25, 0.3) is 5.32 Å². The molecule has 0 heterocycles. The Morgan fingerprint density at radius 2 is 0.964 bits per heavy atom. The summed E-state index contributed by atoms with van der Waals surface area (Å²) < 4.78 is 0. The first-order chi connectivity index (χ1) is 25.3. The van der Waals surface area contributed by atoms with E-state index in [1.807, 2.05) is 0 Å². The van der Waals surface area contributed by atoms with E-state index in [0.717, 1.165) is 22.8 Å². The SMILES string of the molecule is CC(/C=C(/C)[N-]c1c(C(C)C)cccc1C(C)C)=Nc1c(C(C)C)cccc1C(C)C.CC(C)(C)c1cc(C(C)(C)C)c([P]=[Ti+2])c(C(C)(C)C)c1.[CH2-]C(C)(C)C. The van der Waals surface area contributed by atoms with Gasteiger partial charge in [-0.2, -0.15) is 11.1 Å². The van der Waals surface area contributed by atoms with Gasteiger partial charge in [-0.05, 0) is 41.7 Å². The van der Waals surface area contributed by atoms with Crippen LogP contribution in [0.5, 0.6) is 0 Å². The quantitative estimate of drug-likeness (QED) is 0.0891. The van der Waals surface area contributed by atoms with E-state index >= 15 is 0 Å². The first-order valence-electron chi connectivity index (χ1n) is 20.9. The average Bonchev–Trinajstić information content (AvgIpc) is 3.01. The molecule has 0 atom stereocenters. The van der Waals surface area contributed by atoms with E-state index in [-0.39, 0.29) is 21.7 Å². The number of para-hydroxylation sites is 2. The summed E-state index contributed by atoms with van der Waals surface area (Å²) in [6.45, 7) is 53.0. The third kappa shape index (κ3) is 16.6. The fourth-order valence-electron chi connectivity index (χ4n) is 6.33. The Morgan fingerprint density at radius 3 is 1.25 bits per heavy atom. The molecule has 0 aliphatic carbocycles. The Balaban J connectivity index is 0.000000536. The summed E-state index contributed by atoms with van der Waals surface area (Å²) in [5.74, 6) is 1.75. The molecule has 0 bridgehead atoms. The van der Waals surface area contributed by atoms with Crippen LogP contribution in [0.15, 0.2) is 65.3 Å². The molecule has 0 aliphatic heterocycles. The molecule has 0 aliphatic rings. The average molecular weight is 813 g/mol. The van der Waals surface area contributed by atoms with Crippen LogP contribution < -0.4 is 5.30 Å². The normalized spacial score (nSPS) is 13.3. The van der Waals surface area contributed by atoms with Crippen molar-refractivity contribution in [1.82, 2.24) is 0 Å². The molecule has 0 N–H and O–H groups in total. The largest absolute Gasteiger partial charge is 0.338 e. The van der Waals surface area contributed by atoms with Crippen LogP contribution >= 0.6 is 6.11 Å². The summed E-state index contributed by atoms with van der Waals surface area (Å²) in [6, 6.07) is 18.0. The number of hydrogen-bond donors (Lipinski definition) is 0. The van der Waals surface area contributed by atoms with Crippen molar-refractivity contribution in [3.8, 4) is 0 Å². The number of benzene rings is 3.